The molecule has 0 N–H and O–H groups in total. The van der Waals surface area contributed by atoms with Gasteiger partial charge in [-0.15, -0.1) is 0 Å². The van der Waals surface area contributed by atoms with Crippen molar-refractivity contribution in [1.29, 1.82) is 0 Å². The number of rotatable bonds is 7. The number of benzene rings is 2. The molecule has 0 unspecified atom stereocenters. The third-order valence-corrected chi connectivity index (χ3v) is 4.25. The second kappa shape index (κ2) is 7.65. The zero-order valence-corrected chi connectivity index (χ0v) is 14.8. The van der Waals surface area contributed by atoms with Gasteiger partial charge in [-0.2, -0.15) is 0 Å². The average molecular weight is 365 g/mol. The smallest absolute Gasteiger partial charge is 0.141 e. The van der Waals surface area contributed by atoms with Gasteiger partial charge in [-0.1, -0.05) is 36.4 Å². The lowest BCUT2D eigenvalue weighted by atomic mass is 10.0. The summed E-state index contributed by atoms with van der Waals surface area (Å²) < 4.78 is 17.8. The topological polar surface area (TPSA) is 27.7 Å². The molecule has 0 aromatic heterocycles. The summed E-state index contributed by atoms with van der Waals surface area (Å²) in [5, 5.41) is 2.07. The van der Waals surface area contributed by atoms with Crippen LogP contribution in [0.3, 0.4) is 0 Å². The Morgan fingerprint density at radius 1 is 1.09 bits per heavy atom. The van der Waals surface area contributed by atoms with Gasteiger partial charge in [0.15, 0.2) is 0 Å². The van der Waals surface area contributed by atoms with E-state index in [0.29, 0.717) is 13.2 Å². The summed E-state index contributed by atoms with van der Waals surface area (Å²) >= 11 is 3.66. The molecule has 0 saturated carbocycles. The van der Waals surface area contributed by atoms with Crippen LogP contribution < -0.4 is 9.47 Å². The minimum Gasteiger partial charge on any atom is -0.496 e. The fraction of sp³-hybridized carbons (Fsp3) is 0.333. The number of methoxy groups -OCH3 is 2. The zero-order valence-electron chi connectivity index (χ0n) is 13.2. The van der Waals surface area contributed by atoms with Crippen molar-refractivity contribution >= 4 is 26.7 Å². The molecular weight excluding hydrogens is 344 g/mol. The van der Waals surface area contributed by atoms with E-state index in [4.69, 9.17) is 14.2 Å². The predicted molar refractivity (Wildman–Crippen MR) is 94.1 cm³/mol. The minimum atomic E-state index is 0.574. The average Bonchev–Trinajstić information content (AvgIpc) is 2.51. The summed E-state index contributed by atoms with van der Waals surface area (Å²) in [5.74, 6) is 1.69. The first kappa shape index (κ1) is 16.8. The first-order valence-electron chi connectivity index (χ1n) is 7.13. The summed E-state index contributed by atoms with van der Waals surface area (Å²) in [6, 6.07) is 8.07. The molecule has 118 valence electrons. The van der Waals surface area contributed by atoms with Gasteiger partial charge < -0.3 is 14.2 Å². The lowest BCUT2D eigenvalue weighted by Gasteiger charge is -2.18. The highest BCUT2D eigenvalue weighted by molar-refractivity contribution is 9.10. The molecular formula is C18H21BrO3. The van der Waals surface area contributed by atoms with Gasteiger partial charge in [-0.05, 0) is 22.9 Å². The number of ether oxygens (including phenoxy) is 3. The van der Waals surface area contributed by atoms with Crippen LogP contribution in [0.1, 0.15) is 12.5 Å². The van der Waals surface area contributed by atoms with Crippen LogP contribution in [0.25, 0.3) is 10.8 Å². The van der Waals surface area contributed by atoms with Crippen LogP contribution in [-0.2, 0) is 11.2 Å². The van der Waals surface area contributed by atoms with Gasteiger partial charge in [0.2, 0.25) is 0 Å². The van der Waals surface area contributed by atoms with Crippen molar-refractivity contribution in [1.82, 2.24) is 0 Å². The molecule has 0 fully saturated rings. The molecule has 4 heteroatoms. The van der Waals surface area contributed by atoms with Crippen molar-refractivity contribution in [2.75, 3.05) is 27.4 Å². The van der Waals surface area contributed by atoms with E-state index in [0.717, 1.165) is 44.3 Å². The Bertz CT molecular complexity index is 680. The molecule has 2 rings (SSSR count). The molecule has 2 aromatic carbocycles. The first-order chi connectivity index (χ1) is 10.6. The highest BCUT2D eigenvalue weighted by atomic mass is 79.9. The fourth-order valence-electron chi connectivity index (χ4n) is 2.47. The second-order valence-electron chi connectivity index (χ2n) is 5.16. The van der Waals surface area contributed by atoms with Gasteiger partial charge in [-0.25, -0.2) is 0 Å². The van der Waals surface area contributed by atoms with Crippen molar-refractivity contribution in [3.63, 3.8) is 0 Å². The van der Waals surface area contributed by atoms with E-state index in [9.17, 15) is 0 Å². The van der Waals surface area contributed by atoms with Crippen molar-refractivity contribution in [3.8, 4) is 11.5 Å². The Labute approximate surface area is 140 Å². The molecule has 3 nitrogen and oxygen atoms in total. The van der Waals surface area contributed by atoms with E-state index >= 15 is 0 Å². The van der Waals surface area contributed by atoms with E-state index in [1.54, 1.807) is 14.2 Å². The third kappa shape index (κ3) is 3.45. The summed E-state index contributed by atoms with van der Waals surface area (Å²) in [5.41, 5.74) is 2.07. The van der Waals surface area contributed by atoms with E-state index in [-0.39, 0.29) is 0 Å². The summed E-state index contributed by atoms with van der Waals surface area (Å²) in [6.07, 6.45) is 0.734. The summed E-state index contributed by atoms with van der Waals surface area (Å²) in [4.78, 5) is 0. The van der Waals surface area contributed by atoms with Crippen LogP contribution in [0.5, 0.6) is 11.5 Å². The van der Waals surface area contributed by atoms with Gasteiger partial charge in [0.05, 0.1) is 31.9 Å². The van der Waals surface area contributed by atoms with Crippen LogP contribution >= 0.6 is 15.9 Å². The molecule has 22 heavy (non-hydrogen) atoms. The lowest BCUT2D eigenvalue weighted by molar-refractivity contribution is 0.159. The number of hydrogen-bond donors (Lipinski definition) is 0. The molecule has 0 aliphatic heterocycles. The molecule has 0 radical (unpaired) electrons. The van der Waals surface area contributed by atoms with E-state index in [1.165, 1.54) is 0 Å². The van der Waals surface area contributed by atoms with Crippen LogP contribution in [0.15, 0.2) is 40.9 Å². The Morgan fingerprint density at radius 3 is 2.23 bits per heavy atom. The zero-order chi connectivity index (χ0) is 16.1. The molecule has 0 aliphatic carbocycles. The van der Waals surface area contributed by atoms with E-state index in [1.807, 2.05) is 31.2 Å². The van der Waals surface area contributed by atoms with Crippen LogP contribution in [0.4, 0.5) is 0 Å². The molecule has 0 saturated heterocycles. The van der Waals surface area contributed by atoms with Crippen molar-refractivity contribution in [2.24, 2.45) is 0 Å². The van der Waals surface area contributed by atoms with Crippen molar-refractivity contribution in [2.45, 2.75) is 13.3 Å². The highest BCUT2D eigenvalue weighted by Gasteiger charge is 2.18. The molecule has 0 aliphatic rings. The first-order valence-corrected chi connectivity index (χ1v) is 7.92. The van der Waals surface area contributed by atoms with Crippen molar-refractivity contribution < 1.29 is 14.2 Å². The fourth-order valence-corrected chi connectivity index (χ4v) is 3.23. The van der Waals surface area contributed by atoms with Gasteiger partial charge in [-0.3, -0.25) is 0 Å². The summed E-state index contributed by atoms with van der Waals surface area (Å²) in [6.45, 7) is 6.97. The standard InChI is InChI=1S/C18H21BrO3/c1-12(2)11-22-10-9-15-16(19)18(21-4)14-8-6-5-7-13(14)17(15)20-3/h5-8H,1,9-11H2,2-4H3. The second-order valence-corrected chi connectivity index (χ2v) is 5.96. The maximum absolute atomic E-state index is 5.66. The third-order valence-electron chi connectivity index (χ3n) is 3.41. The van der Waals surface area contributed by atoms with Crippen LogP contribution in [0, 0.1) is 0 Å². The molecule has 0 spiro atoms. The number of fused-ring (bicyclic) bond motifs is 1. The van der Waals surface area contributed by atoms with Gasteiger partial charge >= 0.3 is 0 Å². The van der Waals surface area contributed by atoms with Crippen molar-refractivity contribution in [3.05, 3.63) is 46.5 Å². The Hall–Kier alpha value is -1.52. The summed E-state index contributed by atoms with van der Waals surface area (Å²) in [7, 11) is 3.37. The van der Waals surface area contributed by atoms with Gasteiger partial charge in [0, 0.05) is 22.8 Å². The van der Waals surface area contributed by atoms with E-state index < -0.39 is 0 Å². The van der Waals surface area contributed by atoms with E-state index in [2.05, 4.69) is 22.5 Å². The minimum absolute atomic E-state index is 0.574. The Kier molecular flexibility index (Phi) is 5.86. The van der Waals surface area contributed by atoms with Gasteiger partial charge in [0.25, 0.3) is 0 Å². The molecule has 2 aromatic rings. The molecule has 0 amide bonds. The number of hydrogen-bond acceptors (Lipinski definition) is 3. The molecule has 0 bridgehead atoms. The highest BCUT2D eigenvalue weighted by Crippen LogP contribution is 2.43. The Morgan fingerprint density at radius 2 is 1.68 bits per heavy atom. The molecule has 0 heterocycles. The maximum atomic E-state index is 5.66. The SMILES string of the molecule is C=C(C)COCCc1c(Br)c(OC)c2ccccc2c1OC. The normalized spacial score (nSPS) is 10.7. The monoisotopic (exact) mass is 364 g/mol. The van der Waals surface area contributed by atoms with Gasteiger partial charge in [0.1, 0.15) is 11.5 Å². The lowest BCUT2D eigenvalue weighted by Crippen LogP contribution is -2.04. The number of halogens is 1. The quantitative estimate of drug-likeness (QED) is 0.523. The maximum Gasteiger partial charge on any atom is 0.141 e. The largest absolute Gasteiger partial charge is 0.496 e. The Balaban J connectivity index is 2.43. The van der Waals surface area contributed by atoms with Crippen LogP contribution in [-0.4, -0.2) is 27.4 Å². The van der Waals surface area contributed by atoms with Crippen LogP contribution in [0.2, 0.25) is 0 Å². The predicted octanol–water partition coefficient (Wildman–Crippen LogP) is 4.75. The molecule has 0 atom stereocenters.